The Morgan fingerprint density at radius 2 is 1.76 bits per heavy atom. The Balaban J connectivity index is 4.57. The summed E-state index contributed by atoms with van der Waals surface area (Å²) in [6, 6.07) is 0. The van der Waals surface area contributed by atoms with Gasteiger partial charge in [-0.15, -0.1) is 0 Å². The third-order valence-corrected chi connectivity index (χ3v) is 4.13. The van der Waals surface area contributed by atoms with Crippen molar-refractivity contribution in [1.82, 2.24) is 5.32 Å². The van der Waals surface area contributed by atoms with Crippen LogP contribution in [0.1, 0.15) is 26.7 Å². The van der Waals surface area contributed by atoms with Crippen LogP contribution < -0.4 is 10.4 Å². The zero-order chi connectivity index (χ0) is 23.0. The normalized spacial score (nSPS) is 14.8. The number of carboxylic acids is 1. The Bertz CT molecular complexity index is 626. The molecule has 0 aliphatic carbocycles. The fraction of sp³-hybridized carbons (Fsp3) is 0.812. The molecule has 0 saturated carbocycles. The predicted molar refractivity (Wildman–Crippen MR) is 97.8 cm³/mol. The molecule has 12 nitrogen and oxygen atoms in total. The number of aliphatic hydroxyl groups excluding tert-OH is 1. The molecule has 0 bridgehead atoms. The molecule has 0 aliphatic rings. The van der Waals surface area contributed by atoms with Crippen LogP contribution >= 0.6 is 7.82 Å². The Morgan fingerprint density at radius 3 is 2.21 bits per heavy atom. The Labute approximate surface area is 169 Å². The van der Waals surface area contributed by atoms with Gasteiger partial charge in [-0.05, 0) is 0 Å². The summed E-state index contributed by atoms with van der Waals surface area (Å²) in [6.07, 6.45) is -3.27. The first kappa shape index (κ1) is 27.4. The first-order chi connectivity index (χ1) is 12.9. The van der Waals surface area contributed by atoms with Gasteiger partial charge in [-0.25, -0.2) is 4.57 Å². The molecule has 0 radical (unpaired) electrons. The Hall–Kier alpha value is -1.56. The number of nitrogens with zero attached hydrogens (tertiary/aromatic N) is 1. The molecule has 0 fully saturated rings. The number of hydrogen-bond acceptors (Lipinski definition) is 8. The Morgan fingerprint density at radius 1 is 1.21 bits per heavy atom. The van der Waals surface area contributed by atoms with E-state index in [4.69, 9.17) is 14.5 Å². The summed E-state index contributed by atoms with van der Waals surface area (Å²) in [7, 11) is 0.647. The quantitative estimate of drug-likeness (QED) is 0.138. The summed E-state index contributed by atoms with van der Waals surface area (Å²) in [5.41, 5.74) is -1.31. The van der Waals surface area contributed by atoms with Crippen LogP contribution in [0.15, 0.2) is 0 Å². The van der Waals surface area contributed by atoms with Gasteiger partial charge in [-0.1, -0.05) is 13.8 Å². The van der Waals surface area contributed by atoms with Crippen LogP contribution in [0.25, 0.3) is 0 Å². The van der Waals surface area contributed by atoms with Gasteiger partial charge >= 0.3 is 13.8 Å². The van der Waals surface area contributed by atoms with E-state index in [0.29, 0.717) is 4.48 Å². The number of carbonyl (C=O) groups excluding carboxylic acids is 3. The summed E-state index contributed by atoms with van der Waals surface area (Å²) < 4.78 is 20.6. The van der Waals surface area contributed by atoms with Crippen molar-refractivity contribution in [3.8, 4) is 0 Å². The van der Waals surface area contributed by atoms with E-state index in [0.717, 1.165) is 0 Å². The fourth-order valence-corrected chi connectivity index (χ4v) is 2.75. The van der Waals surface area contributed by atoms with Gasteiger partial charge in [0.25, 0.3) is 0 Å². The molecule has 1 amide bonds. The monoisotopic (exact) mass is 442 g/mol. The number of phosphoric ester groups is 1. The van der Waals surface area contributed by atoms with E-state index in [1.165, 1.54) is 13.8 Å². The number of rotatable bonds is 13. The number of aliphatic carboxylic acids is 1. The van der Waals surface area contributed by atoms with Gasteiger partial charge in [0.15, 0.2) is 6.10 Å². The van der Waals surface area contributed by atoms with Crippen molar-refractivity contribution in [1.29, 1.82) is 0 Å². The summed E-state index contributed by atoms with van der Waals surface area (Å²) in [6.45, 7) is 2.22. The van der Waals surface area contributed by atoms with Gasteiger partial charge in [-0.3, -0.25) is 14.1 Å². The lowest BCUT2D eigenvalue weighted by atomic mass is 9.87. The number of likely N-dealkylation sites (N-methyl/N-ethyl adjacent to an activating group) is 1. The minimum Gasteiger partial charge on any atom is -0.550 e. The molecule has 2 unspecified atom stereocenters. The van der Waals surface area contributed by atoms with Crippen LogP contribution in [0.2, 0.25) is 0 Å². The highest BCUT2D eigenvalue weighted by molar-refractivity contribution is 7.46. The molecule has 0 saturated heterocycles. The van der Waals surface area contributed by atoms with Crippen molar-refractivity contribution in [2.75, 3.05) is 40.8 Å². The van der Waals surface area contributed by atoms with E-state index < -0.39 is 56.3 Å². The van der Waals surface area contributed by atoms with Crippen LogP contribution in [0.3, 0.4) is 0 Å². The van der Waals surface area contributed by atoms with Crippen molar-refractivity contribution in [2.45, 2.75) is 38.9 Å². The largest absolute Gasteiger partial charge is 0.550 e. The predicted octanol–water partition coefficient (Wildman–Crippen LogP) is -2.25. The molecule has 29 heavy (non-hydrogen) atoms. The lowest BCUT2D eigenvalue weighted by molar-refractivity contribution is -0.873. The lowest BCUT2D eigenvalue weighted by Crippen LogP contribution is -2.47. The van der Waals surface area contributed by atoms with E-state index in [2.05, 4.69) is 9.84 Å². The first-order valence-electron chi connectivity index (χ1n) is 8.78. The minimum atomic E-state index is -4.76. The second-order valence-electron chi connectivity index (χ2n) is 8.36. The molecule has 0 aromatic heterocycles. The zero-order valence-corrected chi connectivity index (χ0v) is 18.2. The van der Waals surface area contributed by atoms with Gasteiger partial charge in [0.2, 0.25) is 5.91 Å². The van der Waals surface area contributed by atoms with Crippen LogP contribution in [0.5, 0.6) is 0 Å². The smallest absolute Gasteiger partial charge is 0.469 e. The van der Waals surface area contributed by atoms with E-state index >= 15 is 0 Å². The first-order valence-corrected chi connectivity index (χ1v) is 10.3. The zero-order valence-electron chi connectivity index (χ0n) is 17.3. The van der Waals surface area contributed by atoms with E-state index in [9.17, 15) is 29.2 Å². The molecule has 0 aromatic carbocycles. The molecule has 170 valence electrons. The van der Waals surface area contributed by atoms with Crippen LogP contribution in [0.4, 0.5) is 0 Å². The molecule has 0 aliphatic heterocycles. The number of carboxylic acid groups (broad SMARTS) is 1. The summed E-state index contributed by atoms with van der Waals surface area (Å²) >= 11 is 0. The van der Waals surface area contributed by atoms with Gasteiger partial charge in [0.05, 0.1) is 34.2 Å². The average Bonchev–Trinajstić information content (AvgIpc) is 2.49. The van der Waals surface area contributed by atoms with Gasteiger partial charge in [-0.2, -0.15) is 0 Å². The molecule has 0 aromatic rings. The SMILES string of the molecule is CC(C)(COP(=O)(O)O)C(O)C(=O)NCCC(=O)OC(CC(=O)[O-])C[N+](C)(C)C. The number of aliphatic hydroxyl groups is 1. The van der Waals surface area contributed by atoms with Gasteiger partial charge in [0.1, 0.15) is 12.6 Å². The number of hydrogen-bond donors (Lipinski definition) is 4. The van der Waals surface area contributed by atoms with E-state index in [1.807, 2.05) is 0 Å². The van der Waals surface area contributed by atoms with E-state index in [1.54, 1.807) is 21.1 Å². The number of amides is 1. The molecule has 0 heterocycles. The van der Waals surface area contributed by atoms with Crippen molar-refractivity contribution in [3.05, 3.63) is 0 Å². The summed E-state index contributed by atoms with van der Waals surface area (Å²) in [5, 5.41) is 23.2. The fourth-order valence-electron chi connectivity index (χ4n) is 2.25. The van der Waals surface area contributed by atoms with E-state index in [-0.39, 0.29) is 19.5 Å². The molecule has 0 spiro atoms. The second kappa shape index (κ2) is 11.0. The third-order valence-electron chi connectivity index (χ3n) is 3.67. The number of nitrogens with one attached hydrogen (secondary N) is 1. The number of quaternary nitrogens is 1. The maximum Gasteiger partial charge on any atom is 0.469 e. The molecule has 13 heteroatoms. The summed E-state index contributed by atoms with van der Waals surface area (Å²) in [5.74, 6) is -2.95. The molecule has 4 N–H and O–H groups in total. The highest BCUT2D eigenvalue weighted by atomic mass is 31.2. The van der Waals surface area contributed by atoms with Crippen LogP contribution in [-0.4, -0.2) is 90.3 Å². The molecular weight excluding hydrogens is 411 g/mol. The van der Waals surface area contributed by atoms with Crippen molar-refractivity contribution < 1.29 is 52.7 Å². The second-order valence-corrected chi connectivity index (χ2v) is 9.60. The van der Waals surface area contributed by atoms with Crippen molar-refractivity contribution >= 4 is 25.7 Å². The minimum absolute atomic E-state index is 0.188. The number of ether oxygens (including phenoxy) is 1. The number of esters is 1. The maximum absolute atomic E-state index is 12.0. The number of carbonyl (C=O) groups is 3. The average molecular weight is 442 g/mol. The molecule has 0 rings (SSSR count). The highest BCUT2D eigenvalue weighted by Gasteiger charge is 2.36. The number of phosphoric acid groups is 1. The van der Waals surface area contributed by atoms with Crippen LogP contribution in [0, 0.1) is 5.41 Å². The van der Waals surface area contributed by atoms with Crippen LogP contribution in [-0.2, 0) is 28.2 Å². The lowest BCUT2D eigenvalue weighted by Gasteiger charge is -2.29. The highest BCUT2D eigenvalue weighted by Crippen LogP contribution is 2.38. The topological polar surface area (TPSA) is 183 Å². The standard InChI is InChI=1S/C16H31N2O10P/c1-16(2,10-27-29(24,25)26)14(22)15(23)17-7-6-13(21)28-11(8-12(19)20)9-18(3,4)5/h11,14,22H,6-10H2,1-5H3,(H3-,17,19,20,23,24,25,26). The van der Waals surface area contributed by atoms with Crippen molar-refractivity contribution in [2.24, 2.45) is 5.41 Å². The maximum atomic E-state index is 12.0. The summed E-state index contributed by atoms with van der Waals surface area (Å²) in [4.78, 5) is 52.2. The van der Waals surface area contributed by atoms with Gasteiger partial charge in [0, 0.05) is 24.3 Å². The third kappa shape index (κ3) is 13.3. The molecule has 2 atom stereocenters. The van der Waals surface area contributed by atoms with Crippen molar-refractivity contribution in [3.63, 3.8) is 0 Å². The van der Waals surface area contributed by atoms with Gasteiger partial charge < -0.3 is 39.3 Å². The molecular formula is C16H31N2O10P. The Kier molecular flexibility index (Phi) is 10.4.